The van der Waals surface area contributed by atoms with Crippen LogP contribution in [0.2, 0.25) is 0 Å². The Bertz CT molecular complexity index is 947. The summed E-state index contributed by atoms with van der Waals surface area (Å²) in [6, 6.07) is 7.32. The lowest BCUT2D eigenvalue weighted by Gasteiger charge is -2.32. The molecule has 0 spiro atoms. The van der Waals surface area contributed by atoms with Crippen LogP contribution in [0.1, 0.15) is 24.5 Å². The van der Waals surface area contributed by atoms with Crippen LogP contribution in [0.5, 0.6) is 5.75 Å². The number of methoxy groups -OCH3 is 1. The summed E-state index contributed by atoms with van der Waals surface area (Å²) in [6.45, 7) is 3.16. The third-order valence-electron chi connectivity index (χ3n) is 4.61. The first-order valence-electron chi connectivity index (χ1n) is 9.03. The number of ether oxygens (including phenoxy) is 2. The van der Waals surface area contributed by atoms with E-state index in [1.807, 2.05) is 36.1 Å². The van der Waals surface area contributed by atoms with Crippen molar-refractivity contribution in [1.82, 2.24) is 20.1 Å². The molecule has 1 fully saturated rings. The molecule has 0 saturated carbocycles. The molecule has 3 aromatic rings. The van der Waals surface area contributed by atoms with Crippen molar-refractivity contribution in [3.05, 3.63) is 47.9 Å². The van der Waals surface area contributed by atoms with E-state index < -0.39 is 11.9 Å². The van der Waals surface area contributed by atoms with Crippen LogP contribution in [-0.2, 0) is 11.2 Å². The van der Waals surface area contributed by atoms with Gasteiger partial charge in [0.2, 0.25) is 5.82 Å². The zero-order valence-electron chi connectivity index (χ0n) is 15.6. The lowest BCUT2D eigenvalue weighted by Crippen LogP contribution is -2.40. The summed E-state index contributed by atoms with van der Waals surface area (Å²) in [5.41, 5.74) is 1.18. The van der Waals surface area contributed by atoms with Crippen molar-refractivity contribution in [3.8, 4) is 17.2 Å². The molecule has 0 bridgehead atoms. The molecule has 0 amide bonds. The highest BCUT2D eigenvalue weighted by Crippen LogP contribution is 2.28. The standard InChI is InChI=1S/C19H20FN5O3/c1-3-14-16(20)18(22-11-21-14)25-8-9-27-15(10-25)17-23-19(28-24-17)12-4-6-13(26-2)7-5-12/h4-7,11,15H,3,8-10H2,1-2H3. The van der Waals surface area contributed by atoms with Crippen molar-refractivity contribution in [2.45, 2.75) is 19.4 Å². The Kier molecular flexibility index (Phi) is 5.16. The number of nitrogens with zero attached hydrogens (tertiary/aromatic N) is 5. The molecule has 28 heavy (non-hydrogen) atoms. The highest BCUT2D eigenvalue weighted by molar-refractivity contribution is 5.54. The molecule has 1 unspecified atom stereocenters. The van der Waals surface area contributed by atoms with Crippen molar-refractivity contribution in [2.75, 3.05) is 31.7 Å². The van der Waals surface area contributed by atoms with Crippen LogP contribution in [-0.4, -0.2) is 46.9 Å². The summed E-state index contributed by atoms with van der Waals surface area (Å²) in [4.78, 5) is 14.4. The number of aryl methyl sites for hydroxylation is 1. The number of halogens is 1. The van der Waals surface area contributed by atoms with E-state index in [0.29, 0.717) is 43.5 Å². The molecule has 4 rings (SSSR count). The van der Waals surface area contributed by atoms with E-state index in [1.165, 1.54) is 6.33 Å². The Hall–Kier alpha value is -3.07. The maximum atomic E-state index is 14.6. The lowest BCUT2D eigenvalue weighted by atomic mass is 10.2. The predicted molar refractivity (Wildman–Crippen MR) is 98.6 cm³/mol. The van der Waals surface area contributed by atoms with Gasteiger partial charge < -0.3 is 18.9 Å². The quantitative estimate of drug-likeness (QED) is 0.663. The second-order valence-corrected chi connectivity index (χ2v) is 6.30. The van der Waals surface area contributed by atoms with Crippen molar-refractivity contribution in [3.63, 3.8) is 0 Å². The van der Waals surface area contributed by atoms with Crippen LogP contribution >= 0.6 is 0 Å². The van der Waals surface area contributed by atoms with Gasteiger partial charge in [-0.3, -0.25) is 0 Å². The van der Waals surface area contributed by atoms with Gasteiger partial charge in [0.25, 0.3) is 5.89 Å². The fourth-order valence-electron chi connectivity index (χ4n) is 3.08. The molecule has 1 aliphatic heterocycles. The van der Waals surface area contributed by atoms with Gasteiger partial charge in [0.1, 0.15) is 18.2 Å². The average Bonchev–Trinajstić information content (AvgIpc) is 3.24. The predicted octanol–water partition coefficient (Wildman–Crippen LogP) is 2.81. The zero-order chi connectivity index (χ0) is 19.5. The van der Waals surface area contributed by atoms with E-state index in [9.17, 15) is 4.39 Å². The van der Waals surface area contributed by atoms with Crippen LogP contribution in [0.25, 0.3) is 11.5 Å². The van der Waals surface area contributed by atoms with Gasteiger partial charge in [-0.1, -0.05) is 12.1 Å². The van der Waals surface area contributed by atoms with Gasteiger partial charge in [0, 0.05) is 12.1 Å². The largest absolute Gasteiger partial charge is 0.497 e. The van der Waals surface area contributed by atoms with Crippen LogP contribution in [0, 0.1) is 5.82 Å². The van der Waals surface area contributed by atoms with Gasteiger partial charge >= 0.3 is 0 Å². The molecular formula is C19H20FN5O3. The fraction of sp³-hybridized carbons (Fsp3) is 0.368. The molecule has 2 aromatic heterocycles. The Labute approximate surface area is 161 Å². The molecule has 1 aliphatic rings. The number of morpholine rings is 1. The van der Waals surface area contributed by atoms with Crippen LogP contribution in [0.4, 0.5) is 10.2 Å². The summed E-state index contributed by atoms with van der Waals surface area (Å²) < 4.78 is 30.9. The van der Waals surface area contributed by atoms with Gasteiger partial charge in [-0.15, -0.1) is 0 Å². The second-order valence-electron chi connectivity index (χ2n) is 6.30. The van der Waals surface area contributed by atoms with Crippen molar-refractivity contribution in [1.29, 1.82) is 0 Å². The molecule has 8 nitrogen and oxygen atoms in total. The van der Waals surface area contributed by atoms with E-state index in [1.54, 1.807) is 7.11 Å². The number of rotatable bonds is 5. The van der Waals surface area contributed by atoms with Crippen LogP contribution < -0.4 is 9.64 Å². The molecule has 9 heteroatoms. The Morgan fingerprint density at radius 3 is 2.82 bits per heavy atom. The average molecular weight is 385 g/mol. The molecule has 1 atom stereocenters. The topological polar surface area (TPSA) is 86.4 Å². The zero-order valence-corrected chi connectivity index (χ0v) is 15.6. The first kappa shape index (κ1) is 18.3. The summed E-state index contributed by atoms with van der Waals surface area (Å²) in [7, 11) is 1.61. The minimum Gasteiger partial charge on any atom is -0.497 e. The van der Waals surface area contributed by atoms with Gasteiger partial charge in [0.15, 0.2) is 11.6 Å². The molecule has 1 saturated heterocycles. The van der Waals surface area contributed by atoms with Gasteiger partial charge in [-0.2, -0.15) is 4.98 Å². The van der Waals surface area contributed by atoms with Crippen molar-refractivity contribution < 1.29 is 18.4 Å². The molecule has 0 radical (unpaired) electrons. The molecule has 0 aliphatic carbocycles. The number of benzene rings is 1. The summed E-state index contributed by atoms with van der Waals surface area (Å²) >= 11 is 0. The highest BCUT2D eigenvalue weighted by Gasteiger charge is 2.29. The lowest BCUT2D eigenvalue weighted by molar-refractivity contribution is 0.0321. The molecular weight excluding hydrogens is 365 g/mol. The first-order valence-corrected chi connectivity index (χ1v) is 9.03. The van der Waals surface area contributed by atoms with Gasteiger partial charge in [-0.25, -0.2) is 14.4 Å². The van der Waals surface area contributed by atoms with E-state index in [4.69, 9.17) is 14.0 Å². The summed E-state index contributed by atoms with van der Waals surface area (Å²) in [6.07, 6.45) is 1.45. The van der Waals surface area contributed by atoms with E-state index >= 15 is 0 Å². The third-order valence-corrected chi connectivity index (χ3v) is 4.61. The highest BCUT2D eigenvalue weighted by atomic mass is 19.1. The monoisotopic (exact) mass is 385 g/mol. The van der Waals surface area contributed by atoms with Crippen LogP contribution in [0.15, 0.2) is 35.1 Å². The number of hydrogen-bond donors (Lipinski definition) is 0. The SMILES string of the molecule is CCc1ncnc(N2CCOC(c3noc(-c4ccc(OC)cc4)n3)C2)c1F. The fourth-order valence-corrected chi connectivity index (χ4v) is 3.08. The van der Waals surface area contributed by atoms with Crippen LogP contribution in [0.3, 0.4) is 0 Å². The van der Waals surface area contributed by atoms with Gasteiger partial charge in [0.05, 0.1) is 26.0 Å². The van der Waals surface area contributed by atoms with Crippen molar-refractivity contribution in [2.24, 2.45) is 0 Å². The Morgan fingerprint density at radius 2 is 2.07 bits per heavy atom. The van der Waals surface area contributed by atoms with Crippen molar-refractivity contribution >= 4 is 5.82 Å². The maximum absolute atomic E-state index is 14.6. The van der Waals surface area contributed by atoms with E-state index in [-0.39, 0.29) is 5.82 Å². The minimum atomic E-state index is -0.441. The molecule has 146 valence electrons. The van der Waals surface area contributed by atoms with E-state index in [2.05, 4.69) is 20.1 Å². The smallest absolute Gasteiger partial charge is 0.258 e. The maximum Gasteiger partial charge on any atom is 0.258 e. The number of aromatic nitrogens is 4. The van der Waals surface area contributed by atoms with E-state index in [0.717, 1.165) is 11.3 Å². The molecule has 1 aromatic carbocycles. The first-order chi connectivity index (χ1) is 13.7. The Balaban J connectivity index is 1.53. The Morgan fingerprint density at radius 1 is 1.25 bits per heavy atom. The summed E-state index contributed by atoms with van der Waals surface area (Å²) in [5.74, 6) is 1.44. The third kappa shape index (κ3) is 3.53. The van der Waals surface area contributed by atoms with Gasteiger partial charge in [-0.05, 0) is 30.7 Å². The summed E-state index contributed by atoms with van der Waals surface area (Å²) in [5, 5.41) is 4.05. The number of anilines is 1. The minimum absolute atomic E-state index is 0.277. The molecule has 3 heterocycles. The number of hydrogen-bond acceptors (Lipinski definition) is 8. The normalized spacial score (nSPS) is 17.0. The molecule has 0 N–H and O–H groups in total. The second kappa shape index (κ2) is 7.89.